The number of nitrogens with zero attached hydrogens (tertiary/aromatic N) is 2. The smallest absolute Gasteiger partial charge is 0.222 e. The summed E-state index contributed by atoms with van der Waals surface area (Å²) in [5.74, 6) is 2.53. The lowest BCUT2D eigenvalue weighted by Crippen LogP contribution is -2.29. The van der Waals surface area contributed by atoms with Crippen molar-refractivity contribution in [1.29, 1.82) is 0 Å². The summed E-state index contributed by atoms with van der Waals surface area (Å²) >= 11 is 6.19. The highest BCUT2D eigenvalue weighted by Gasteiger charge is 2.14. The standard InChI is InChI=1S/C23H25ClN2O4/c1-26(13-12-16-8-9-19(28-2)20(14-16)29-3)23(27)11-10-22-25-15-21(30-22)17-6-4-5-7-18(17)24/h4-9,14-15H,10-13H2,1-3H3. The van der Waals surface area contributed by atoms with Crippen LogP contribution in [-0.2, 0) is 17.6 Å². The van der Waals surface area contributed by atoms with Crippen LogP contribution in [0.2, 0.25) is 5.02 Å². The number of aromatic nitrogens is 1. The second kappa shape index (κ2) is 10.2. The number of aryl methyl sites for hydroxylation is 1. The number of methoxy groups -OCH3 is 2. The SMILES string of the molecule is COc1ccc(CCN(C)C(=O)CCc2ncc(-c3ccccc3Cl)o2)cc1OC. The van der Waals surface area contributed by atoms with Crippen LogP contribution in [0.15, 0.2) is 53.1 Å². The van der Waals surface area contributed by atoms with Crippen molar-refractivity contribution in [2.75, 3.05) is 27.8 Å². The van der Waals surface area contributed by atoms with E-state index in [1.54, 1.807) is 38.4 Å². The lowest BCUT2D eigenvalue weighted by atomic mass is 10.1. The number of likely N-dealkylation sites (N-methyl/N-ethyl adjacent to an activating group) is 1. The van der Waals surface area contributed by atoms with Gasteiger partial charge in [0.2, 0.25) is 5.91 Å². The van der Waals surface area contributed by atoms with Crippen LogP contribution >= 0.6 is 11.6 Å². The van der Waals surface area contributed by atoms with Crippen molar-refractivity contribution in [2.24, 2.45) is 0 Å². The summed E-state index contributed by atoms with van der Waals surface area (Å²) in [5, 5.41) is 0.603. The molecule has 2 aromatic carbocycles. The Labute approximate surface area is 181 Å². The highest BCUT2D eigenvalue weighted by Crippen LogP contribution is 2.29. The largest absolute Gasteiger partial charge is 0.493 e. The third-order valence-electron chi connectivity index (χ3n) is 4.86. The molecule has 0 aliphatic heterocycles. The molecule has 158 valence electrons. The van der Waals surface area contributed by atoms with E-state index < -0.39 is 0 Å². The fourth-order valence-electron chi connectivity index (χ4n) is 3.07. The molecule has 0 fully saturated rings. The number of hydrogen-bond donors (Lipinski definition) is 0. The molecular formula is C23H25ClN2O4. The van der Waals surface area contributed by atoms with Crippen LogP contribution in [0.4, 0.5) is 0 Å². The van der Waals surface area contributed by atoms with Crippen molar-refractivity contribution in [2.45, 2.75) is 19.3 Å². The van der Waals surface area contributed by atoms with E-state index in [-0.39, 0.29) is 5.91 Å². The van der Waals surface area contributed by atoms with Crippen LogP contribution in [0.25, 0.3) is 11.3 Å². The maximum atomic E-state index is 12.5. The third kappa shape index (κ3) is 5.33. The number of oxazole rings is 1. The van der Waals surface area contributed by atoms with Crippen molar-refractivity contribution >= 4 is 17.5 Å². The van der Waals surface area contributed by atoms with Gasteiger partial charge in [-0.25, -0.2) is 4.98 Å². The molecule has 0 spiro atoms. The molecule has 1 amide bonds. The van der Waals surface area contributed by atoms with Crippen molar-refractivity contribution in [1.82, 2.24) is 9.88 Å². The summed E-state index contributed by atoms with van der Waals surface area (Å²) in [4.78, 5) is 18.5. The number of halogens is 1. The molecule has 7 heteroatoms. The van der Waals surface area contributed by atoms with Crippen LogP contribution in [0, 0.1) is 0 Å². The predicted molar refractivity (Wildman–Crippen MR) is 116 cm³/mol. The van der Waals surface area contributed by atoms with E-state index in [4.69, 9.17) is 25.5 Å². The highest BCUT2D eigenvalue weighted by molar-refractivity contribution is 6.33. The molecule has 0 saturated carbocycles. The van der Waals surface area contributed by atoms with Gasteiger partial charge in [-0.2, -0.15) is 0 Å². The topological polar surface area (TPSA) is 64.8 Å². The molecule has 0 aliphatic carbocycles. The Morgan fingerprint density at radius 3 is 2.60 bits per heavy atom. The average Bonchev–Trinajstić information content (AvgIpc) is 3.24. The van der Waals surface area contributed by atoms with Crippen molar-refractivity contribution in [3.05, 3.63) is 65.1 Å². The number of carbonyl (C=O) groups excluding carboxylic acids is 1. The van der Waals surface area contributed by atoms with Gasteiger partial charge in [0.1, 0.15) is 0 Å². The number of benzene rings is 2. The first-order valence-corrected chi connectivity index (χ1v) is 10.0. The maximum Gasteiger partial charge on any atom is 0.222 e. The summed E-state index contributed by atoms with van der Waals surface area (Å²) in [5.41, 5.74) is 1.86. The van der Waals surface area contributed by atoms with E-state index in [1.165, 1.54) is 0 Å². The Morgan fingerprint density at radius 1 is 1.10 bits per heavy atom. The summed E-state index contributed by atoms with van der Waals surface area (Å²) < 4.78 is 16.3. The van der Waals surface area contributed by atoms with Gasteiger partial charge in [0.05, 0.1) is 25.4 Å². The number of carbonyl (C=O) groups is 1. The quantitative estimate of drug-likeness (QED) is 0.496. The zero-order valence-electron chi connectivity index (χ0n) is 17.4. The predicted octanol–water partition coefficient (Wildman–Crippen LogP) is 4.65. The lowest BCUT2D eigenvalue weighted by molar-refractivity contribution is -0.129. The molecule has 1 aromatic heterocycles. The lowest BCUT2D eigenvalue weighted by Gasteiger charge is -2.17. The van der Waals surface area contributed by atoms with Crippen molar-refractivity contribution < 1.29 is 18.7 Å². The molecule has 3 rings (SSSR count). The molecule has 1 heterocycles. The second-order valence-corrected chi connectivity index (χ2v) is 7.26. The highest BCUT2D eigenvalue weighted by atomic mass is 35.5. The van der Waals surface area contributed by atoms with Gasteiger partial charge >= 0.3 is 0 Å². The van der Waals surface area contributed by atoms with E-state index in [9.17, 15) is 4.79 Å². The first-order valence-electron chi connectivity index (χ1n) is 9.66. The fraction of sp³-hybridized carbons (Fsp3) is 0.304. The molecule has 3 aromatic rings. The molecule has 0 unspecified atom stereocenters. The monoisotopic (exact) mass is 428 g/mol. The normalized spacial score (nSPS) is 10.7. The minimum absolute atomic E-state index is 0.0352. The summed E-state index contributed by atoms with van der Waals surface area (Å²) in [6.07, 6.45) is 3.12. The molecule has 6 nitrogen and oxygen atoms in total. The van der Waals surface area contributed by atoms with Gasteiger partial charge in [0.25, 0.3) is 0 Å². The van der Waals surface area contributed by atoms with E-state index in [2.05, 4.69) is 4.98 Å². The number of rotatable bonds is 9. The van der Waals surface area contributed by atoms with E-state index in [0.29, 0.717) is 47.6 Å². The zero-order chi connectivity index (χ0) is 21.5. The van der Waals surface area contributed by atoms with Crippen molar-refractivity contribution in [3.63, 3.8) is 0 Å². The van der Waals surface area contributed by atoms with Crippen LogP contribution in [-0.4, -0.2) is 43.6 Å². The minimum atomic E-state index is 0.0352. The molecule has 0 bridgehead atoms. The van der Waals surface area contributed by atoms with E-state index in [0.717, 1.165) is 17.5 Å². The number of ether oxygens (including phenoxy) is 2. The molecule has 0 N–H and O–H groups in total. The van der Waals surface area contributed by atoms with Crippen LogP contribution in [0.5, 0.6) is 11.5 Å². The summed E-state index contributed by atoms with van der Waals surface area (Å²) in [6.45, 7) is 0.602. The van der Waals surface area contributed by atoms with E-state index in [1.807, 2.05) is 36.4 Å². The molecule has 0 atom stereocenters. The average molecular weight is 429 g/mol. The van der Waals surface area contributed by atoms with Gasteiger partial charge in [0, 0.05) is 32.0 Å². The van der Waals surface area contributed by atoms with Crippen LogP contribution < -0.4 is 9.47 Å². The van der Waals surface area contributed by atoms with Gasteiger partial charge in [-0.15, -0.1) is 0 Å². The van der Waals surface area contributed by atoms with Crippen LogP contribution in [0.3, 0.4) is 0 Å². The molecule has 30 heavy (non-hydrogen) atoms. The molecule has 0 radical (unpaired) electrons. The van der Waals surface area contributed by atoms with Crippen LogP contribution in [0.1, 0.15) is 17.9 Å². The Balaban J connectivity index is 1.51. The molecular weight excluding hydrogens is 404 g/mol. The van der Waals surface area contributed by atoms with E-state index >= 15 is 0 Å². The first kappa shape index (κ1) is 21.7. The van der Waals surface area contributed by atoms with Crippen molar-refractivity contribution in [3.8, 4) is 22.8 Å². The Hall–Kier alpha value is -2.99. The Morgan fingerprint density at radius 2 is 1.87 bits per heavy atom. The van der Waals surface area contributed by atoms with Gasteiger partial charge in [-0.05, 0) is 36.2 Å². The minimum Gasteiger partial charge on any atom is -0.493 e. The van der Waals surface area contributed by atoms with Gasteiger partial charge in [-0.1, -0.05) is 29.8 Å². The Bertz CT molecular complexity index is 1000. The molecule has 0 saturated heterocycles. The first-order chi connectivity index (χ1) is 14.5. The zero-order valence-corrected chi connectivity index (χ0v) is 18.1. The number of amides is 1. The van der Waals surface area contributed by atoms with Gasteiger partial charge in [0.15, 0.2) is 23.1 Å². The van der Waals surface area contributed by atoms with Gasteiger partial charge in [-0.3, -0.25) is 4.79 Å². The number of hydrogen-bond acceptors (Lipinski definition) is 5. The Kier molecular flexibility index (Phi) is 7.36. The summed E-state index contributed by atoms with van der Waals surface area (Å²) in [6, 6.07) is 13.2. The molecule has 0 aliphatic rings. The summed E-state index contributed by atoms with van der Waals surface area (Å²) in [7, 11) is 5.01. The fourth-order valence-corrected chi connectivity index (χ4v) is 3.30. The second-order valence-electron chi connectivity index (χ2n) is 6.85. The third-order valence-corrected chi connectivity index (χ3v) is 5.18. The van der Waals surface area contributed by atoms with Gasteiger partial charge < -0.3 is 18.8 Å². The maximum absolute atomic E-state index is 12.5.